The standard InChI is InChI=1S/C10H9ClF2O5S/c1-2-17-9(14)10(12,13)18-7-4-3-5-8(6-7)19(11,15)16/h3-6H,2H2,1H3. The van der Waals surface area contributed by atoms with E-state index in [0.29, 0.717) is 0 Å². The Kier molecular flexibility index (Phi) is 4.70. The van der Waals surface area contributed by atoms with Crippen molar-refractivity contribution in [3.05, 3.63) is 24.3 Å². The molecule has 0 aromatic heterocycles. The number of esters is 1. The highest BCUT2D eigenvalue weighted by molar-refractivity contribution is 8.13. The van der Waals surface area contributed by atoms with Gasteiger partial charge in [-0.05, 0) is 19.1 Å². The SMILES string of the molecule is CCOC(=O)C(F)(F)Oc1cccc(S(=O)(=O)Cl)c1. The van der Waals surface area contributed by atoms with Crippen LogP contribution in [0.5, 0.6) is 5.75 Å². The predicted octanol–water partition coefficient (Wildman–Crippen LogP) is 2.15. The molecule has 0 saturated carbocycles. The zero-order valence-electron chi connectivity index (χ0n) is 9.60. The van der Waals surface area contributed by atoms with Crippen molar-refractivity contribution >= 4 is 25.7 Å². The number of benzene rings is 1. The van der Waals surface area contributed by atoms with E-state index < -0.39 is 31.8 Å². The zero-order valence-corrected chi connectivity index (χ0v) is 11.2. The Balaban J connectivity index is 2.97. The van der Waals surface area contributed by atoms with Crippen LogP contribution in [0, 0.1) is 0 Å². The van der Waals surface area contributed by atoms with Crippen molar-refractivity contribution < 1.29 is 31.5 Å². The molecule has 19 heavy (non-hydrogen) atoms. The van der Waals surface area contributed by atoms with Crippen LogP contribution in [0.25, 0.3) is 0 Å². The van der Waals surface area contributed by atoms with Crippen molar-refractivity contribution in [2.45, 2.75) is 17.9 Å². The van der Waals surface area contributed by atoms with Crippen LogP contribution in [-0.2, 0) is 18.6 Å². The molecule has 0 bridgehead atoms. The van der Waals surface area contributed by atoms with Crippen LogP contribution >= 0.6 is 10.7 Å². The summed E-state index contributed by atoms with van der Waals surface area (Å²) < 4.78 is 56.8. The van der Waals surface area contributed by atoms with Gasteiger partial charge in [-0.15, -0.1) is 0 Å². The van der Waals surface area contributed by atoms with Crippen LogP contribution in [0.1, 0.15) is 6.92 Å². The first-order valence-corrected chi connectivity index (χ1v) is 7.26. The Morgan fingerprint density at radius 2 is 2.05 bits per heavy atom. The number of hydrogen-bond donors (Lipinski definition) is 0. The van der Waals surface area contributed by atoms with Crippen LogP contribution in [-0.4, -0.2) is 27.1 Å². The summed E-state index contributed by atoms with van der Waals surface area (Å²) in [6, 6.07) is 4.07. The lowest BCUT2D eigenvalue weighted by atomic mass is 10.3. The summed E-state index contributed by atoms with van der Waals surface area (Å²) in [5, 5.41) is 0. The Labute approximate surface area is 112 Å². The van der Waals surface area contributed by atoms with Crippen LogP contribution in [0.4, 0.5) is 8.78 Å². The van der Waals surface area contributed by atoms with Gasteiger partial charge < -0.3 is 9.47 Å². The highest BCUT2D eigenvalue weighted by atomic mass is 35.7. The molecule has 0 fully saturated rings. The fraction of sp³-hybridized carbons (Fsp3) is 0.300. The van der Waals surface area contributed by atoms with Crippen LogP contribution in [0.15, 0.2) is 29.2 Å². The molecule has 1 aromatic carbocycles. The van der Waals surface area contributed by atoms with Crippen LogP contribution < -0.4 is 4.74 Å². The summed E-state index contributed by atoms with van der Waals surface area (Å²) in [5.74, 6) is -2.39. The molecule has 0 atom stereocenters. The highest BCUT2D eigenvalue weighted by Crippen LogP contribution is 2.26. The summed E-state index contributed by atoms with van der Waals surface area (Å²) in [6.45, 7) is 1.11. The molecule has 1 aromatic rings. The fourth-order valence-corrected chi connectivity index (χ4v) is 1.88. The van der Waals surface area contributed by atoms with Gasteiger partial charge in [-0.25, -0.2) is 13.2 Å². The Bertz CT molecular complexity index is 573. The van der Waals surface area contributed by atoms with E-state index in [1.165, 1.54) is 6.92 Å². The van der Waals surface area contributed by atoms with E-state index in [-0.39, 0.29) is 6.61 Å². The second kappa shape index (κ2) is 5.70. The van der Waals surface area contributed by atoms with Gasteiger partial charge in [0, 0.05) is 16.7 Å². The first-order chi connectivity index (χ1) is 8.66. The predicted molar refractivity (Wildman–Crippen MR) is 61.7 cm³/mol. The minimum atomic E-state index is -4.22. The molecule has 0 heterocycles. The minimum Gasteiger partial charge on any atom is -0.459 e. The van der Waals surface area contributed by atoms with Crippen molar-refractivity contribution in [3.8, 4) is 5.75 Å². The molecule has 0 saturated heterocycles. The smallest absolute Gasteiger partial charge is 0.459 e. The third-order valence-electron chi connectivity index (χ3n) is 1.85. The van der Waals surface area contributed by atoms with Crippen molar-refractivity contribution in [1.29, 1.82) is 0 Å². The van der Waals surface area contributed by atoms with Crippen molar-refractivity contribution in [3.63, 3.8) is 0 Å². The van der Waals surface area contributed by atoms with Gasteiger partial charge in [-0.2, -0.15) is 8.78 Å². The van der Waals surface area contributed by atoms with Gasteiger partial charge in [0.15, 0.2) is 0 Å². The zero-order chi connectivity index (χ0) is 14.7. The molecule has 0 amide bonds. The van der Waals surface area contributed by atoms with Crippen molar-refractivity contribution in [2.75, 3.05) is 6.61 Å². The average molecular weight is 315 g/mol. The first-order valence-electron chi connectivity index (χ1n) is 4.95. The molecule has 5 nitrogen and oxygen atoms in total. The highest BCUT2D eigenvalue weighted by Gasteiger charge is 2.44. The molecule has 0 aliphatic heterocycles. The van der Waals surface area contributed by atoms with E-state index in [2.05, 4.69) is 9.47 Å². The van der Waals surface area contributed by atoms with Crippen LogP contribution in [0.2, 0.25) is 0 Å². The number of carbonyl (C=O) groups excluding carboxylic acids is 1. The monoisotopic (exact) mass is 314 g/mol. The van der Waals surface area contributed by atoms with E-state index in [0.717, 1.165) is 24.3 Å². The van der Waals surface area contributed by atoms with Gasteiger partial charge in [0.1, 0.15) is 5.75 Å². The molecule has 0 N–H and O–H groups in total. The summed E-state index contributed by atoms with van der Waals surface area (Å²) in [5.41, 5.74) is 0. The van der Waals surface area contributed by atoms with E-state index in [9.17, 15) is 22.0 Å². The second-order valence-electron chi connectivity index (χ2n) is 3.25. The lowest BCUT2D eigenvalue weighted by Gasteiger charge is -2.16. The Morgan fingerprint density at radius 3 is 2.58 bits per heavy atom. The molecule has 0 radical (unpaired) electrons. The summed E-state index contributed by atoms with van der Waals surface area (Å²) in [4.78, 5) is 10.5. The fourth-order valence-electron chi connectivity index (χ4n) is 1.09. The maximum absolute atomic E-state index is 13.2. The number of rotatable bonds is 5. The van der Waals surface area contributed by atoms with Gasteiger partial charge in [-0.3, -0.25) is 0 Å². The number of halogens is 3. The molecular weight excluding hydrogens is 306 g/mol. The third-order valence-corrected chi connectivity index (χ3v) is 3.20. The van der Waals surface area contributed by atoms with E-state index in [1.54, 1.807) is 0 Å². The second-order valence-corrected chi connectivity index (χ2v) is 5.82. The third kappa shape index (κ3) is 4.32. The van der Waals surface area contributed by atoms with Gasteiger partial charge in [0.05, 0.1) is 11.5 Å². The number of ether oxygens (including phenoxy) is 2. The largest absolute Gasteiger partial charge is 0.502 e. The number of carbonyl (C=O) groups is 1. The van der Waals surface area contributed by atoms with E-state index >= 15 is 0 Å². The van der Waals surface area contributed by atoms with Gasteiger partial charge in [0.25, 0.3) is 9.05 Å². The molecule has 106 valence electrons. The average Bonchev–Trinajstić information content (AvgIpc) is 2.28. The van der Waals surface area contributed by atoms with Crippen molar-refractivity contribution in [1.82, 2.24) is 0 Å². The Morgan fingerprint density at radius 1 is 1.42 bits per heavy atom. The molecule has 0 aliphatic rings. The normalized spacial score (nSPS) is 12.0. The molecule has 1 rings (SSSR count). The molecule has 9 heteroatoms. The maximum Gasteiger partial charge on any atom is 0.502 e. The molecule has 0 unspecified atom stereocenters. The number of hydrogen-bond acceptors (Lipinski definition) is 5. The lowest BCUT2D eigenvalue weighted by molar-refractivity contribution is -0.216. The van der Waals surface area contributed by atoms with Gasteiger partial charge in [0.2, 0.25) is 0 Å². The van der Waals surface area contributed by atoms with Crippen LogP contribution in [0.3, 0.4) is 0 Å². The summed E-state index contributed by atoms with van der Waals surface area (Å²) >= 11 is 0. The van der Waals surface area contributed by atoms with Gasteiger partial charge >= 0.3 is 12.1 Å². The molecular formula is C10H9ClF2O5S. The van der Waals surface area contributed by atoms with E-state index in [4.69, 9.17) is 10.7 Å². The summed E-state index contributed by atoms with van der Waals surface area (Å²) in [6.07, 6.45) is -4.22. The lowest BCUT2D eigenvalue weighted by Crippen LogP contribution is -2.36. The first kappa shape index (κ1) is 15.6. The maximum atomic E-state index is 13.2. The quantitative estimate of drug-likeness (QED) is 0.615. The minimum absolute atomic E-state index is 0.242. The molecule has 0 aliphatic carbocycles. The topological polar surface area (TPSA) is 69.7 Å². The molecule has 0 spiro atoms. The Hall–Kier alpha value is -1.41. The van der Waals surface area contributed by atoms with Crippen molar-refractivity contribution in [2.24, 2.45) is 0 Å². The van der Waals surface area contributed by atoms with E-state index in [1.807, 2.05) is 0 Å². The van der Waals surface area contributed by atoms with Gasteiger partial charge in [-0.1, -0.05) is 6.07 Å². The number of alkyl halides is 2. The summed E-state index contributed by atoms with van der Waals surface area (Å²) in [7, 11) is 0.971.